The Labute approximate surface area is 117 Å². The monoisotopic (exact) mass is 305 g/mol. The van der Waals surface area contributed by atoms with E-state index in [9.17, 15) is 13.2 Å². The van der Waals surface area contributed by atoms with Gasteiger partial charge in [0, 0.05) is 6.54 Å². The Kier molecular flexibility index (Phi) is 5.12. The van der Waals surface area contributed by atoms with Crippen LogP contribution < -0.4 is 10.5 Å². The third-order valence-corrected chi connectivity index (χ3v) is 4.31. The summed E-state index contributed by atoms with van der Waals surface area (Å²) in [5, 5.41) is 12.4. The molecule has 1 heterocycles. The second-order valence-electron chi connectivity index (χ2n) is 4.97. The number of nitrogen functional groups attached to an aromatic ring is 1. The van der Waals surface area contributed by atoms with Gasteiger partial charge in [-0.05, 0) is 19.3 Å². The molecule has 1 aromatic heterocycles. The summed E-state index contributed by atoms with van der Waals surface area (Å²) in [6.07, 6.45) is 0.371. The van der Waals surface area contributed by atoms with E-state index in [-0.39, 0.29) is 28.9 Å². The zero-order valence-electron chi connectivity index (χ0n) is 11.6. The van der Waals surface area contributed by atoms with E-state index in [1.807, 2.05) is 13.8 Å². The Morgan fingerprint density at radius 1 is 1.50 bits per heavy atom. The van der Waals surface area contributed by atoms with E-state index in [4.69, 9.17) is 10.8 Å². The topological polar surface area (TPSA) is 136 Å². The average molecular weight is 305 g/mol. The smallest absolute Gasteiger partial charge is 0.307 e. The maximum Gasteiger partial charge on any atom is 0.307 e. The molecule has 0 saturated heterocycles. The molecule has 1 aromatic rings. The van der Waals surface area contributed by atoms with E-state index in [1.165, 1.54) is 6.92 Å². The van der Waals surface area contributed by atoms with Gasteiger partial charge in [-0.2, -0.15) is 0 Å². The third-order valence-electron chi connectivity index (χ3n) is 2.73. The lowest BCUT2D eigenvalue weighted by molar-refractivity contribution is -0.142. The summed E-state index contributed by atoms with van der Waals surface area (Å²) >= 11 is 0. The van der Waals surface area contributed by atoms with Crippen LogP contribution in [-0.2, 0) is 14.8 Å². The fourth-order valence-corrected chi connectivity index (χ4v) is 3.12. The molecule has 1 unspecified atom stereocenters. The molecule has 114 valence electrons. The Bertz CT molecular complexity index is 559. The standard InChI is InChI=1S/C11H19N3O5S/c1-6(2)4-8(11(15)16)5-13-20(17,18)9-7(3)19-14-10(9)12/h6,8,13H,4-5H2,1-3H3,(H2,12,14)(H,15,16). The molecule has 8 nitrogen and oxygen atoms in total. The summed E-state index contributed by atoms with van der Waals surface area (Å²) in [7, 11) is -3.94. The number of aryl methyl sites for hydroxylation is 1. The van der Waals surface area contributed by atoms with Gasteiger partial charge in [-0.15, -0.1) is 0 Å². The van der Waals surface area contributed by atoms with Gasteiger partial charge in [-0.1, -0.05) is 19.0 Å². The Morgan fingerprint density at radius 2 is 2.10 bits per heavy atom. The number of carboxylic acid groups (broad SMARTS) is 1. The summed E-state index contributed by atoms with van der Waals surface area (Å²) in [6, 6.07) is 0. The Morgan fingerprint density at radius 3 is 2.50 bits per heavy atom. The van der Waals surface area contributed by atoms with Gasteiger partial charge < -0.3 is 15.4 Å². The number of sulfonamides is 1. The van der Waals surface area contributed by atoms with Crippen molar-refractivity contribution < 1.29 is 22.8 Å². The van der Waals surface area contributed by atoms with Crippen molar-refractivity contribution in [3.8, 4) is 0 Å². The first kappa shape index (κ1) is 16.4. The van der Waals surface area contributed by atoms with Crippen LogP contribution in [-0.4, -0.2) is 31.2 Å². The van der Waals surface area contributed by atoms with Crippen molar-refractivity contribution in [3.05, 3.63) is 5.76 Å². The van der Waals surface area contributed by atoms with Crippen LogP contribution in [0.4, 0.5) is 5.82 Å². The van der Waals surface area contributed by atoms with E-state index < -0.39 is 21.9 Å². The van der Waals surface area contributed by atoms with Crippen LogP contribution in [0.2, 0.25) is 0 Å². The third kappa shape index (κ3) is 3.94. The minimum absolute atomic E-state index is 0.0609. The van der Waals surface area contributed by atoms with E-state index in [0.29, 0.717) is 6.42 Å². The number of hydrogen-bond acceptors (Lipinski definition) is 6. The van der Waals surface area contributed by atoms with Crippen molar-refractivity contribution in [2.24, 2.45) is 11.8 Å². The zero-order chi connectivity index (χ0) is 15.5. The van der Waals surface area contributed by atoms with Crippen molar-refractivity contribution in [1.29, 1.82) is 0 Å². The van der Waals surface area contributed by atoms with Crippen LogP contribution in [0.5, 0.6) is 0 Å². The quantitative estimate of drug-likeness (QED) is 0.670. The fourth-order valence-electron chi connectivity index (χ4n) is 1.83. The second kappa shape index (κ2) is 6.23. The van der Waals surface area contributed by atoms with Gasteiger partial charge in [0.05, 0.1) is 5.92 Å². The van der Waals surface area contributed by atoms with Gasteiger partial charge in [0.2, 0.25) is 10.0 Å². The number of nitrogens with zero attached hydrogens (tertiary/aromatic N) is 1. The van der Waals surface area contributed by atoms with Crippen molar-refractivity contribution >= 4 is 21.8 Å². The molecule has 0 spiro atoms. The maximum atomic E-state index is 12.1. The van der Waals surface area contributed by atoms with Gasteiger partial charge in [-0.3, -0.25) is 4.79 Å². The second-order valence-corrected chi connectivity index (χ2v) is 6.67. The van der Waals surface area contributed by atoms with Crippen LogP contribution in [0, 0.1) is 18.8 Å². The summed E-state index contributed by atoms with van der Waals surface area (Å²) in [6.45, 7) is 4.94. The summed E-state index contributed by atoms with van der Waals surface area (Å²) in [5.74, 6) is -1.89. The van der Waals surface area contributed by atoms with Gasteiger partial charge in [0.25, 0.3) is 0 Å². The van der Waals surface area contributed by atoms with Crippen molar-refractivity contribution in [3.63, 3.8) is 0 Å². The highest BCUT2D eigenvalue weighted by molar-refractivity contribution is 7.89. The van der Waals surface area contributed by atoms with Crippen LogP contribution in [0.25, 0.3) is 0 Å². The summed E-state index contributed by atoms with van der Waals surface area (Å²) < 4.78 is 31.1. The molecule has 4 N–H and O–H groups in total. The highest BCUT2D eigenvalue weighted by Crippen LogP contribution is 2.21. The van der Waals surface area contributed by atoms with Crippen molar-refractivity contribution in [1.82, 2.24) is 9.88 Å². The fraction of sp³-hybridized carbons (Fsp3) is 0.636. The van der Waals surface area contributed by atoms with Crippen LogP contribution in [0.1, 0.15) is 26.0 Å². The molecule has 0 radical (unpaired) electrons. The molecular weight excluding hydrogens is 286 g/mol. The highest BCUT2D eigenvalue weighted by atomic mass is 32.2. The first-order chi connectivity index (χ1) is 9.15. The lowest BCUT2D eigenvalue weighted by Crippen LogP contribution is -2.34. The molecule has 9 heteroatoms. The molecule has 1 rings (SSSR count). The molecule has 20 heavy (non-hydrogen) atoms. The number of nitrogens with two attached hydrogens (primary N) is 1. The molecule has 0 fully saturated rings. The van der Waals surface area contributed by atoms with E-state index in [1.54, 1.807) is 0 Å². The largest absolute Gasteiger partial charge is 0.481 e. The minimum Gasteiger partial charge on any atom is -0.481 e. The number of hydrogen-bond donors (Lipinski definition) is 3. The molecule has 0 aromatic carbocycles. The normalized spacial score (nSPS) is 13.6. The first-order valence-corrected chi connectivity index (χ1v) is 7.57. The predicted molar refractivity (Wildman–Crippen MR) is 71.4 cm³/mol. The first-order valence-electron chi connectivity index (χ1n) is 6.09. The number of carbonyl (C=O) groups is 1. The number of carboxylic acids is 1. The van der Waals surface area contributed by atoms with Crippen LogP contribution in [0.15, 0.2) is 9.42 Å². The van der Waals surface area contributed by atoms with Gasteiger partial charge in [0.15, 0.2) is 16.5 Å². The number of rotatable bonds is 7. The van der Waals surface area contributed by atoms with Crippen molar-refractivity contribution in [2.45, 2.75) is 32.1 Å². The summed E-state index contributed by atoms with van der Waals surface area (Å²) in [4.78, 5) is 10.8. The lowest BCUT2D eigenvalue weighted by atomic mass is 9.98. The zero-order valence-corrected chi connectivity index (χ0v) is 12.4. The van der Waals surface area contributed by atoms with Crippen LogP contribution in [0.3, 0.4) is 0 Å². The molecule has 0 amide bonds. The van der Waals surface area contributed by atoms with Crippen LogP contribution >= 0.6 is 0 Å². The predicted octanol–water partition coefficient (Wildman–Crippen LogP) is 0.590. The van der Waals surface area contributed by atoms with E-state index in [0.717, 1.165) is 0 Å². The summed E-state index contributed by atoms with van der Waals surface area (Å²) in [5.41, 5.74) is 5.43. The van der Waals surface area contributed by atoms with Crippen molar-refractivity contribution in [2.75, 3.05) is 12.3 Å². The van der Waals surface area contributed by atoms with Gasteiger partial charge >= 0.3 is 5.97 Å². The number of anilines is 1. The molecule has 0 aliphatic rings. The molecule has 1 atom stereocenters. The molecule has 0 saturated carbocycles. The Hall–Kier alpha value is -1.61. The maximum absolute atomic E-state index is 12.1. The van der Waals surface area contributed by atoms with E-state index in [2.05, 4.69) is 14.4 Å². The minimum atomic E-state index is -3.94. The number of aromatic nitrogens is 1. The average Bonchev–Trinajstić information content (AvgIpc) is 2.64. The number of aliphatic carboxylic acids is 1. The molecule has 0 bridgehead atoms. The molecule has 0 aliphatic heterocycles. The molecule has 0 aliphatic carbocycles. The SMILES string of the molecule is Cc1onc(N)c1S(=O)(=O)NCC(CC(C)C)C(=O)O. The molecular formula is C11H19N3O5S. The lowest BCUT2D eigenvalue weighted by Gasteiger charge is -2.15. The highest BCUT2D eigenvalue weighted by Gasteiger charge is 2.27. The van der Waals surface area contributed by atoms with E-state index >= 15 is 0 Å². The number of nitrogens with one attached hydrogen (secondary N) is 1. The van der Waals surface area contributed by atoms with Gasteiger partial charge in [0.1, 0.15) is 0 Å². The van der Waals surface area contributed by atoms with Gasteiger partial charge in [-0.25, -0.2) is 13.1 Å². The Balaban J connectivity index is 2.84.